The molecule has 4 heteroatoms. The van der Waals surface area contributed by atoms with Gasteiger partial charge in [0.2, 0.25) is 0 Å². The molecule has 1 rings (SSSR count). The Bertz CT molecular complexity index is 292. The first kappa shape index (κ1) is 16.4. The van der Waals surface area contributed by atoms with E-state index in [0.717, 1.165) is 19.0 Å². The topological polar surface area (TPSA) is 55.6 Å². The fourth-order valence-corrected chi connectivity index (χ4v) is 2.95. The highest BCUT2D eigenvalue weighted by atomic mass is 16.5. The Morgan fingerprint density at radius 1 is 1.53 bits per heavy atom. The molecule has 3 atom stereocenters. The number of likely N-dealkylation sites (tertiary alicyclic amines) is 1. The minimum Gasteiger partial charge on any atom is -0.465 e. The molecule has 1 saturated heterocycles. The van der Waals surface area contributed by atoms with E-state index in [9.17, 15) is 4.79 Å². The smallest absolute Gasteiger partial charge is 0.325 e. The van der Waals surface area contributed by atoms with Gasteiger partial charge in [-0.25, -0.2) is 0 Å². The van der Waals surface area contributed by atoms with Crippen LogP contribution in [0.4, 0.5) is 0 Å². The van der Waals surface area contributed by atoms with Crippen LogP contribution < -0.4 is 5.73 Å². The van der Waals surface area contributed by atoms with Gasteiger partial charge in [0, 0.05) is 12.6 Å². The fourth-order valence-electron chi connectivity index (χ4n) is 2.95. The van der Waals surface area contributed by atoms with Gasteiger partial charge in [0.25, 0.3) is 0 Å². The summed E-state index contributed by atoms with van der Waals surface area (Å²) in [5.41, 5.74) is 5.24. The molecule has 2 N–H and O–H groups in total. The summed E-state index contributed by atoms with van der Waals surface area (Å²) in [4.78, 5) is 14.3. The van der Waals surface area contributed by atoms with E-state index in [2.05, 4.69) is 18.7 Å². The van der Waals surface area contributed by atoms with Gasteiger partial charge in [0.1, 0.15) is 5.54 Å². The van der Waals surface area contributed by atoms with Gasteiger partial charge in [-0.05, 0) is 52.5 Å². The molecule has 4 nitrogen and oxygen atoms in total. The average Bonchev–Trinajstić information content (AvgIpc) is 2.38. The maximum absolute atomic E-state index is 11.8. The van der Waals surface area contributed by atoms with Crippen molar-refractivity contribution in [2.75, 3.05) is 19.7 Å². The second-order valence-corrected chi connectivity index (χ2v) is 6.10. The summed E-state index contributed by atoms with van der Waals surface area (Å²) in [6, 6.07) is 0.328. The Labute approximate surface area is 117 Å². The molecule has 19 heavy (non-hydrogen) atoms. The third kappa shape index (κ3) is 4.77. The van der Waals surface area contributed by atoms with Crippen LogP contribution in [-0.2, 0) is 9.53 Å². The Balaban J connectivity index is 2.53. The zero-order valence-corrected chi connectivity index (χ0v) is 12.9. The molecule has 0 aromatic rings. The molecule has 1 aliphatic rings. The van der Waals surface area contributed by atoms with Crippen LogP contribution in [0.1, 0.15) is 53.4 Å². The monoisotopic (exact) mass is 270 g/mol. The second-order valence-electron chi connectivity index (χ2n) is 6.10. The molecule has 1 heterocycles. The SMILES string of the molecule is CCOC(=O)C(C)(N)CC(C)N1CCCC(CC)C1. The predicted octanol–water partition coefficient (Wildman–Crippen LogP) is 2.17. The lowest BCUT2D eigenvalue weighted by molar-refractivity contribution is -0.149. The van der Waals surface area contributed by atoms with Gasteiger partial charge in [-0.3, -0.25) is 4.79 Å². The van der Waals surface area contributed by atoms with Crippen LogP contribution in [0.2, 0.25) is 0 Å². The van der Waals surface area contributed by atoms with Gasteiger partial charge in [0.05, 0.1) is 6.61 Å². The third-order valence-electron chi connectivity index (χ3n) is 4.21. The molecule has 0 amide bonds. The van der Waals surface area contributed by atoms with E-state index in [1.807, 2.05) is 6.92 Å². The normalized spacial score (nSPS) is 25.6. The third-order valence-corrected chi connectivity index (χ3v) is 4.21. The maximum Gasteiger partial charge on any atom is 0.325 e. The number of hydrogen-bond donors (Lipinski definition) is 1. The molecular weight excluding hydrogens is 240 g/mol. The lowest BCUT2D eigenvalue weighted by atomic mass is 9.90. The van der Waals surface area contributed by atoms with E-state index in [1.54, 1.807) is 6.92 Å². The van der Waals surface area contributed by atoms with Gasteiger partial charge in [-0.2, -0.15) is 0 Å². The van der Waals surface area contributed by atoms with Crippen LogP contribution in [0.3, 0.4) is 0 Å². The van der Waals surface area contributed by atoms with Crippen LogP contribution in [0.5, 0.6) is 0 Å². The fraction of sp³-hybridized carbons (Fsp3) is 0.933. The van der Waals surface area contributed by atoms with Gasteiger partial charge in [0.15, 0.2) is 0 Å². The van der Waals surface area contributed by atoms with Crippen molar-refractivity contribution in [3.8, 4) is 0 Å². The molecule has 0 bridgehead atoms. The number of nitrogens with zero attached hydrogens (tertiary/aromatic N) is 1. The Hall–Kier alpha value is -0.610. The standard InChI is InChI=1S/C15H30N2O2/c1-5-13-8-7-9-17(11-13)12(3)10-15(4,16)14(18)19-6-2/h12-13H,5-11,16H2,1-4H3. The summed E-state index contributed by atoms with van der Waals surface area (Å²) in [6.07, 6.45) is 4.48. The van der Waals surface area contributed by atoms with Gasteiger partial charge >= 0.3 is 5.97 Å². The maximum atomic E-state index is 11.8. The van der Waals surface area contributed by atoms with Crippen molar-refractivity contribution in [1.82, 2.24) is 4.90 Å². The first-order valence-electron chi connectivity index (χ1n) is 7.60. The van der Waals surface area contributed by atoms with Gasteiger partial charge in [-0.15, -0.1) is 0 Å². The van der Waals surface area contributed by atoms with Gasteiger partial charge < -0.3 is 15.4 Å². The summed E-state index contributed by atoms with van der Waals surface area (Å²) in [6.45, 7) is 10.7. The summed E-state index contributed by atoms with van der Waals surface area (Å²) in [5, 5.41) is 0. The zero-order valence-electron chi connectivity index (χ0n) is 12.9. The van der Waals surface area contributed by atoms with E-state index in [0.29, 0.717) is 19.1 Å². The van der Waals surface area contributed by atoms with E-state index in [1.165, 1.54) is 19.3 Å². The van der Waals surface area contributed by atoms with E-state index in [-0.39, 0.29) is 5.97 Å². The second kappa shape index (κ2) is 7.25. The summed E-state index contributed by atoms with van der Waals surface area (Å²) in [5.74, 6) is 0.508. The van der Waals surface area contributed by atoms with Crippen molar-refractivity contribution in [2.24, 2.45) is 11.7 Å². The van der Waals surface area contributed by atoms with Crippen LogP contribution in [0.25, 0.3) is 0 Å². The summed E-state index contributed by atoms with van der Waals surface area (Å²) in [7, 11) is 0. The number of esters is 1. The van der Waals surface area contributed by atoms with Crippen molar-refractivity contribution < 1.29 is 9.53 Å². The number of piperidine rings is 1. The predicted molar refractivity (Wildman–Crippen MR) is 77.9 cm³/mol. The quantitative estimate of drug-likeness (QED) is 0.752. The first-order valence-corrected chi connectivity index (χ1v) is 7.60. The summed E-state index contributed by atoms with van der Waals surface area (Å²) < 4.78 is 5.05. The number of carbonyl (C=O) groups excluding carboxylic acids is 1. The highest BCUT2D eigenvalue weighted by Crippen LogP contribution is 2.24. The molecule has 0 spiro atoms. The van der Waals surface area contributed by atoms with Crippen LogP contribution in [0, 0.1) is 5.92 Å². The van der Waals surface area contributed by atoms with Crippen molar-refractivity contribution in [3.63, 3.8) is 0 Å². The molecule has 0 aromatic carbocycles. The molecule has 0 aliphatic carbocycles. The van der Waals surface area contributed by atoms with Crippen molar-refractivity contribution >= 4 is 5.97 Å². The number of ether oxygens (including phenoxy) is 1. The van der Waals surface area contributed by atoms with Crippen LogP contribution in [0.15, 0.2) is 0 Å². The van der Waals surface area contributed by atoms with Crippen LogP contribution >= 0.6 is 0 Å². The molecule has 112 valence electrons. The van der Waals surface area contributed by atoms with E-state index < -0.39 is 5.54 Å². The molecule has 0 aromatic heterocycles. The minimum atomic E-state index is -0.880. The Morgan fingerprint density at radius 3 is 2.79 bits per heavy atom. The lowest BCUT2D eigenvalue weighted by Gasteiger charge is -2.39. The zero-order chi connectivity index (χ0) is 14.5. The number of rotatable bonds is 6. The van der Waals surface area contributed by atoms with E-state index in [4.69, 9.17) is 10.5 Å². The number of carbonyl (C=O) groups is 1. The largest absolute Gasteiger partial charge is 0.465 e. The molecule has 1 aliphatic heterocycles. The molecule has 0 saturated carbocycles. The van der Waals surface area contributed by atoms with Crippen molar-refractivity contribution in [1.29, 1.82) is 0 Å². The van der Waals surface area contributed by atoms with E-state index >= 15 is 0 Å². The number of hydrogen-bond acceptors (Lipinski definition) is 4. The average molecular weight is 270 g/mol. The summed E-state index contributed by atoms with van der Waals surface area (Å²) >= 11 is 0. The minimum absolute atomic E-state index is 0.286. The molecular formula is C15H30N2O2. The highest BCUT2D eigenvalue weighted by molar-refractivity contribution is 5.80. The molecule has 3 unspecified atom stereocenters. The Kier molecular flexibility index (Phi) is 6.27. The number of nitrogens with two attached hydrogens (primary N) is 1. The molecule has 0 radical (unpaired) electrons. The molecule has 1 fully saturated rings. The highest BCUT2D eigenvalue weighted by Gasteiger charge is 2.34. The Morgan fingerprint density at radius 2 is 2.21 bits per heavy atom. The van der Waals surface area contributed by atoms with Crippen molar-refractivity contribution in [3.05, 3.63) is 0 Å². The first-order chi connectivity index (χ1) is 8.90. The van der Waals surface area contributed by atoms with Crippen molar-refractivity contribution in [2.45, 2.75) is 65.0 Å². The lowest BCUT2D eigenvalue weighted by Crippen LogP contribution is -2.52. The van der Waals surface area contributed by atoms with Crippen LogP contribution in [-0.4, -0.2) is 42.1 Å². The van der Waals surface area contributed by atoms with Gasteiger partial charge in [-0.1, -0.05) is 13.3 Å².